The lowest BCUT2D eigenvalue weighted by Gasteiger charge is -2.25. The minimum atomic E-state index is -0.982. The number of β-amino-alcohol motifs (C(OH)–C–C–N with tert-alkyl or cyclic N) is 1. The number of carbonyl (C=O) groups is 10. The summed E-state index contributed by atoms with van der Waals surface area (Å²) in [7, 11) is 5.73. The highest BCUT2D eigenvalue weighted by Gasteiger charge is 2.20. The highest BCUT2D eigenvalue weighted by atomic mass is 35.5. The van der Waals surface area contributed by atoms with E-state index in [1.165, 1.54) is 112 Å². The quantitative estimate of drug-likeness (QED) is 0.00623. The van der Waals surface area contributed by atoms with Crippen LogP contribution in [0.2, 0.25) is 35.5 Å². The summed E-state index contributed by atoms with van der Waals surface area (Å²) in [5.74, 6) is -0.894. The van der Waals surface area contributed by atoms with E-state index in [1.807, 2.05) is 76.2 Å². The number of nitrogens with zero attached hydrogens (tertiary/aromatic N) is 11. The minimum absolute atomic E-state index is 0.198. The van der Waals surface area contributed by atoms with Gasteiger partial charge in [0.1, 0.15) is 56.4 Å². The number of ether oxygens (including phenoxy) is 1. The summed E-state index contributed by atoms with van der Waals surface area (Å²) in [6, 6.07) is 25.1. The topological polar surface area (TPSA) is 453 Å². The molecule has 4 aromatic carbocycles. The monoisotopic (exact) mass is 1990 g/mol. The van der Waals surface area contributed by atoms with Crippen molar-refractivity contribution in [1.29, 1.82) is 0 Å². The number of piperazine rings is 1. The molecule has 10 N–H and O–H groups in total. The van der Waals surface area contributed by atoms with Gasteiger partial charge in [-0.15, -0.1) is 56.7 Å². The highest BCUT2D eigenvalue weighted by molar-refractivity contribution is 7.17. The SMILES string of the molecule is CCOC(=O)c1cnc(C[B]C=O)s1.Cc1cccc(Cl)c1N.Cc1cccc(Cl)c1NC(=O)c1cnc(C[B]C=O)s1.Cc1cccc(Cl)c1NC(=O)c1cnc(N)s1.Cc1nc(Cl)cc(Cc2ncc(C(=O)Nc3c(C)cccc3Cl)s2)n1.Cc1nc(Cl)cc(Cl)n1.O=C[B]Cc1ncc(C(=O)Cl)s1.O=C[B]Cc1ncc(C(=O)O)s1.OCCN1CCNCC1. The maximum absolute atomic E-state index is 12.4. The molecule has 0 bridgehead atoms. The van der Waals surface area contributed by atoms with Gasteiger partial charge in [-0.25, -0.2) is 59.4 Å². The number of amides is 3. The van der Waals surface area contributed by atoms with Gasteiger partial charge in [-0.1, -0.05) is 141 Å². The van der Waals surface area contributed by atoms with Crippen LogP contribution in [0.15, 0.2) is 122 Å². The Morgan fingerprint density at radius 2 is 0.835 bits per heavy atom. The van der Waals surface area contributed by atoms with Gasteiger partial charge in [0.15, 0.2) is 5.13 Å². The molecule has 662 valence electrons. The normalized spacial score (nSPS) is 10.8. The van der Waals surface area contributed by atoms with Crippen molar-refractivity contribution in [2.45, 2.75) is 80.2 Å². The zero-order valence-electron chi connectivity index (χ0n) is 68.6. The summed E-state index contributed by atoms with van der Waals surface area (Å²) in [5.41, 5.74) is 18.0. The standard InChI is InChI=1S/C17H14Cl2N4OS.C13H11BClN2O2S.C11H10ClN3OS.C8H9BNO3S.C7H8ClN.C6H4BClNO2S.C6H5BNO3S.C6H14N2O.C5H4Cl2N2/c1-9-4-3-5-12(18)16(9)23-17(24)13-8-20-15(25-13)7-11-6-14(19)22-10(2)21-11;1-8-3-2-4-9(15)12(8)17-13(19)10-6-16-11(20-10)5-14-7-18;1-6-3-2-4-7(12)9(6)15-10(16)8-5-14-11(13)17-8;1-2-13-8(12)6-4-10-7(14-6)3-9-5-11;1-5-3-2-4-6(8)7(5)9;8-6(11)4-2-9-5(12-4)1-7-3-10;9-3-7-1-5-8-2-4(12-5)6(10)11;9-6-5-8-3-1-7-2-4-8;1-3-8-4(6)2-5(7)9-3/h3-6,8H,7H2,1-2H3,(H,23,24);2-4,6-7H,5H2,1H3,(H,17,19);2-5H,1H3,(H2,13,14)(H,15,16);4-5H,2-3H2,1H3;2-4H,9H2,1H3;2-3H,1H2;2-3H,1H2,(H,10,11);7,9H,1-6H2;2H,1H3. The van der Waals surface area contributed by atoms with E-state index in [0.717, 1.165) is 98.4 Å². The Morgan fingerprint density at radius 1 is 0.480 bits per heavy atom. The predicted molar refractivity (Wildman–Crippen MR) is 516 cm³/mol. The Balaban J connectivity index is 0.000000259. The highest BCUT2D eigenvalue weighted by Crippen LogP contribution is 2.31. The summed E-state index contributed by atoms with van der Waals surface area (Å²) in [5, 5.41) is 35.4. The van der Waals surface area contributed by atoms with E-state index in [-0.39, 0.29) is 28.6 Å². The molecular formula is C79H79B4Cl8N17O13S6. The second kappa shape index (κ2) is 58.9. The summed E-state index contributed by atoms with van der Waals surface area (Å²) in [4.78, 5) is 153. The number of aryl methyl sites for hydroxylation is 6. The molecule has 8 aromatic heterocycles. The van der Waals surface area contributed by atoms with Crippen LogP contribution in [0, 0.1) is 41.5 Å². The predicted octanol–water partition coefficient (Wildman–Crippen LogP) is 15.5. The number of anilines is 5. The number of halogens is 8. The van der Waals surface area contributed by atoms with Crippen LogP contribution in [0.3, 0.4) is 0 Å². The van der Waals surface area contributed by atoms with E-state index in [1.54, 1.807) is 57.3 Å². The van der Waals surface area contributed by atoms with E-state index in [4.69, 9.17) is 119 Å². The maximum Gasteiger partial charge on any atom is 0.349 e. The molecule has 48 heteroatoms. The Hall–Kier alpha value is -9.42. The van der Waals surface area contributed by atoms with Crippen LogP contribution in [0.5, 0.6) is 0 Å². The second-order valence-corrected chi connectivity index (χ2v) is 34.9. The first-order chi connectivity index (χ1) is 60.7. The van der Waals surface area contributed by atoms with Crippen molar-refractivity contribution >= 4 is 277 Å². The molecule has 0 aliphatic carbocycles. The van der Waals surface area contributed by atoms with Crippen LogP contribution in [0.1, 0.15) is 130 Å². The molecule has 12 aromatic rings. The molecule has 1 aliphatic heterocycles. The number of nitrogens with one attached hydrogen (secondary N) is 4. The number of aliphatic hydroxyl groups excluding tert-OH is 1. The molecule has 30 nitrogen and oxygen atoms in total. The molecule has 13 rings (SSSR count). The Labute approximate surface area is 798 Å². The summed E-state index contributed by atoms with van der Waals surface area (Å²) in [6.07, 6.45) is 13.7. The molecule has 0 unspecified atom stereocenters. The van der Waals surface area contributed by atoms with Crippen LogP contribution in [0.4, 0.5) is 27.9 Å². The smallest absolute Gasteiger partial charge is 0.349 e. The van der Waals surface area contributed by atoms with Gasteiger partial charge in [0.2, 0.25) is 29.1 Å². The summed E-state index contributed by atoms with van der Waals surface area (Å²) < 4.78 is 4.80. The van der Waals surface area contributed by atoms with E-state index in [2.05, 4.69) is 76.0 Å². The lowest BCUT2D eigenvalue weighted by molar-refractivity contribution is 0.0530. The molecule has 4 radical (unpaired) electrons. The number of aromatic carboxylic acids is 1. The number of aromatic nitrogens is 10. The summed E-state index contributed by atoms with van der Waals surface area (Å²) >= 11 is 53.3. The number of thiazole rings is 6. The van der Waals surface area contributed by atoms with Gasteiger partial charge in [-0.05, 0) is 138 Å². The zero-order valence-corrected chi connectivity index (χ0v) is 79.5. The van der Waals surface area contributed by atoms with Gasteiger partial charge < -0.3 is 66.9 Å². The lowest BCUT2D eigenvalue weighted by atomic mass is 9.78. The van der Waals surface area contributed by atoms with Gasteiger partial charge >= 0.3 is 11.9 Å². The fourth-order valence-corrected chi connectivity index (χ4v) is 16.0. The summed E-state index contributed by atoms with van der Waals surface area (Å²) in [6.45, 7) is 18.6. The minimum Gasteiger partial charge on any atom is -0.477 e. The number of carbonyl (C=O) groups excluding carboxylic acids is 9. The van der Waals surface area contributed by atoms with E-state index < -0.39 is 11.2 Å². The van der Waals surface area contributed by atoms with Crippen LogP contribution in [-0.4, -0.2) is 200 Å². The Morgan fingerprint density at radius 3 is 1.19 bits per heavy atom. The third kappa shape index (κ3) is 40.4. The van der Waals surface area contributed by atoms with Crippen molar-refractivity contribution in [2.24, 2.45) is 0 Å². The van der Waals surface area contributed by atoms with E-state index in [0.29, 0.717) is 179 Å². The third-order valence-corrected chi connectivity index (χ3v) is 23.7. The third-order valence-electron chi connectivity index (χ3n) is 15.6. The first-order valence-electron chi connectivity index (χ1n) is 37.2. The molecule has 127 heavy (non-hydrogen) atoms. The first-order valence-corrected chi connectivity index (χ1v) is 45.2. The van der Waals surface area contributed by atoms with Gasteiger partial charge in [-0.3, -0.25) is 24.1 Å². The van der Waals surface area contributed by atoms with Gasteiger partial charge in [0, 0.05) is 45.2 Å². The number of para-hydroxylation sites is 4. The van der Waals surface area contributed by atoms with Crippen molar-refractivity contribution in [2.75, 3.05) is 73.4 Å². The van der Waals surface area contributed by atoms with Crippen LogP contribution in [-0.2, 0) is 55.6 Å². The Kier molecular flexibility index (Phi) is 50.2. The van der Waals surface area contributed by atoms with E-state index >= 15 is 0 Å². The van der Waals surface area contributed by atoms with Crippen molar-refractivity contribution in [3.8, 4) is 0 Å². The molecule has 0 saturated carbocycles. The molecule has 9 heterocycles. The van der Waals surface area contributed by atoms with Crippen molar-refractivity contribution < 1.29 is 62.9 Å². The molecule has 3 amide bonds. The van der Waals surface area contributed by atoms with Gasteiger partial charge in [0.05, 0.1) is 149 Å². The number of hydrogen-bond donors (Lipinski definition) is 8. The zero-order chi connectivity index (χ0) is 93.5. The number of aliphatic hydroxyl groups is 1. The van der Waals surface area contributed by atoms with E-state index in [9.17, 15) is 47.9 Å². The lowest BCUT2D eigenvalue weighted by Crippen LogP contribution is -2.44. The number of nitrogens with two attached hydrogens (primary N) is 2. The molecular weight excluding hydrogens is 1910 g/mol. The average molecular weight is 1990 g/mol. The number of nitrogen functional groups attached to an aromatic ring is 2. The fraction of sp³-hybridized carbons (Fsp3) is 0.241. The fourth-order valence-electron chi connectivity index (χ4n) is 9.64. The van der Waals surface area contributed by atoms with Crippen molar-refractivity contribution in [3.63, 3.8) is 0 Å². The molecule has 0 atom stereocenters. The second-order valence-electron chi connectivity index (χ2n) is 25.2. The average Bonchev–Trinajstić information content (AvgIpc) is 1.82. The maximum atomic E-state index is 12.4. The number of esters is 1. The number of rotatable bonds is 26. The Bertz CT molecular complexity index is 5410. The van der Waals surface area contributed by atoms with Crippen LogP contribution in [0.25, 0.3) is 0 Å². The van der Waals surface area contributed by atoms with Crippen molar-refractivity contribution in [3.05, 3.63) is 252 Å². The van der Waals surface area contributed by atoms with Crippen molar-refractivity contribution in [1.82, 2.24) is 60.1 Å². The molecule has 1 fully saturated rings. The van der Waals surface area contributed by atoms with Gasteiger partial charge in [-0.2, -0.15) is 0 Å². The van der Waals surface area contributed by atoms with Crippen LogP contribution >= 0.6 is 161 Å². The van der Waals surface area contributed by atoms with Gasteiger partial charge in [0.25, 0.3) is 23.0 Å². The van der Waals surface area contributed by atoms with Crippen LogP contribution < -0.4 is 32.7 Å². The largest absolute Gasteiger partial charge is 0.477 e. The first kappa shape index (κ1) is 108. The molecule has 0 spiro atoms. The number of carboxylic acid groups (broad SMARTS) is 1. The number of hydrogen-bond acceptors (Lipinski definition) is 32. The number of carboxylic acids is 1. The molecule has 1 aliphatic rings. The molecule has 1 saturated heterocycles. The number of benzene rings is 4.